The van der Waals surface area contributed by atoms with Crippen molar-refractivity contribution in [1.29, 1.82) is 0 Å². The van der Waals surface area contributed by atoms with E-state index in [9.17, 15) is 4.79 Å². The third-order valence-electron chi connectivity index (χ3n) is 2.31. The number of carbonyl (C=O) groups is 1. The van der Waals surface area contributed by atoms with Gasteiger partial charge in [0.25, 0.3) is 0 Å². The van der Waals surface area contributed by atoms with E-state index in [1.165, 1.54) is 6.42 Å². The molecule has 1 aliphatic heterocycles. The van der Waals surface area contributed by atoms with Gasteiger partial charge in [-0.05, 0) is 42.5 Å². The minimum absolute atomic E-state index is 0.248. The number of hydrogen-bond donors (Lipinski definition) is 0. The first-order valence-corrected chi connectivity index (χ1v) is 6.42. The number of aryl methyl sites for hydroxylation is 1. The van der Waals surface area contributed by atoms with Crippen molar-refractivity contribution in [2.24, 2.45) is 0 Å². The second kappa shape index (κ2) is 3.84. The Morgan fingerprint density at radius 1 is 1.62 bits per heavy atom. The molecule has 0 amide bonds. The van der Waals surface area contributed by atoms with Crippen molar-refractivity contribution in [3.05, 3.63) is 21.9 Å². The highest BCUT2D eigenvalue weighted by atomic mass is 32.2. The molecule has 0 aromatic carbocycles. The van der Waals surface area contributed by atoms with E-state index in [1.54, 1.807) is 11.3 Å². The van der Waals surface area contributed by atoms with Gasteiger partial charge in [0.05, 0.1) is 10.1 Å². The number of Topliss-reactive ketones (excluding diaryl/α,β-unsaturated/α-hetero) is 1. The molecule has 1 unspecified atom stereocenters. The highest BCUT2D eigenvalue weighted by Gasteiger charge is 2.25. The van der Waals surface area contributed by atoms with Crippen LogP contribution in [0.25, 0.3) is 0 Å². The third kappa shape index (κ3) is 1.81. The smallest absolute Gasteiger partial charge is 0.185 e. The molecule has 2 rings (SSSR count). The molecule has 2 heterocycles. The number of ketones is 1. The Hall–Kier alpha value is -0.280. The van der Waals surface area contributed by atoms with Gasteiger partial charge in [0.1, 0.15) is 0 Å². The van der Waals surface area contributed by atoms with Crippen molar-refractivity contribution in [2.45, 2.75) is 25.0 Å². The maximum absolute atomic E-state index is 11.9. The van der Waals surface area contributed by atoms with Crippen LogP contribution in [0.15, 0.2) is 11.4 Å². The van der Waals surface area contributed by atoms with Crippen LogP contribution in [0.5, 0.6) is 0 Å². The SMILES string of the molecule is Cc1ccsc1C(=O)C1CCCS1. The molecule has 3 heteroatoms. The van der Waals surface area contributed by atoms with Gasteiger partial charge in [0, 0.05) is 0 Å². The summed E-state index contributed by atoms with van der Waals surface area (Å²) >= 11 is 3.40. The molecular formula is C10H12OS2. The topological polar surface area (TPSA) is 17.1 Å². The summed E-state index contributed by atoms with van der Waals surface area (Å²) in [4.78, 5) is 12.9. The number of thioether (sulfide) groups is 1. The van der Waals surface area contributed by atoms with Crippen LogP contribution in [-0.4, -0.2) is 16.8 Å². The van der Waals surface area contributed by atoms with E-state index in [0.29, 0.717) is 5.78 Å². The minimum Gasteiger partial charge on any atom is -0.292 e. The largest absolute Gasteiger partial charge is 0.292 e. The number of rotatable bonds is 2. The van der Waals surface area contributed by atoms with Crippen molar-refractivity contribution in [3.63, 3.8) is 0 Å². The summed E-state index contributed by atoms with van der Waals surface area (Å²) in [5.41, 5.74) is 1.14. The van der Waals surface area contributed by atoms with E-state index in [1.807, 2.05) is 30.1 Å². The Bertz CT molecular complexity index is 310. The van der Waals surface area contributed by atoms with Gasteiger partial charge in [0.2, 0.25) is 0 Å². The van der Waals surface area contributed by atoms with Gasteiger partial charge in [-0.15, -0.1) is 11.3 Å². The van der Waals surface area contributed by atoms with Crippen LogP contribution < -0.4 is 0 Å². The Kier molecular flexibility index (Phi) is 2.74. The maximum atomic E-state index is 11.9. The summed E-state index contributed by atoms with van der Waals surface area (Å²) in [5.74, 6) is 1.51. The summed E-state index contributed by atoms with van der Waals surface area (Å²) in [6, 6.07) is 2.03. The molecule has 70 valence electrons. The predicted molar refractivity (Wildman–Crippen MR) is 58.9 cm³/mol. The standard InChI is InChI=1S/C10H12OS2/c1-7-4-6-13-10(7)9(11)8-3-2-5-12-8/h4,6,8H,2-3,5H2,1H3. The molecule has 0 radical (unpaired) electrons. The molecule has 1 aromatic heterocycles. The van der Waals surface area contributed by atoms with Crippen molar-refractivity contribution in [3.8, 4) is 0 Å². The molecule has 0 bridgehead atoms. The Balaban J connectivity index is 2.17. The van der Waals surface area contributed by atoms with Gasteiger partial charge in [-0.1, -0.05) is 0 Å². The zero-order chi connectivity index (χ0) is 9.26. The third-order valence-corrected chi connectivity index (χ3v) is 4.72. The van der Waals surface area contributed by atoms with Gasteiger partial charge in [-0.25, -0.2) is 0 Å². The van der Waals surface area contributed by atoms with Gasteiger partial charge in [-0.2, -0.15) is 11.8 Å². The van der Waals surface area contributed by atoms with Gasteiger partial charge < -0.3 is 0 Å². The summed E-state index contributed by atoms with van der Waals surface area (Å²) in [7, 11) is 0. The van der Waals surface area contributed by atoms with Crippen molar-refractivity contribution < 1.29 is 4.79 Å². The van der Waals surface area contributed by atoms with Crippen LogP contribution in [0.3, 0.4) is 0 Å². The fourth-order valence-corrected chi connectivity index (χ4v) is 3.77. The molecule has 1 fully saturated rings. The first-order chi connectivity index (χ1) is 6.29. The lowest BCUT2D eigenvalue weighted by Crippen LogP contribution is -2.13. The molecular weight excluding hydrogens is 200 g/mol. The monoisotopic (exact) mass is 212 g/mol. The molecule has 1 saturated heterocycles. The summed E-state index contributed by atoms with van der Waals surface area (Å²) in [5, 5.41) is 2.25. The van der Waals surface area contributed by atoms with Crippen LogP contribution >= 0.6 is 23.1 Å². The molecule has 0 saturated carbocycles. The number of hydrogen-bond acceptors (Lipinski definition) is 3. The molecule has 0 aliphatic carbocycles. The molecule has 1 aromatic rings. The van der Waals surface area contributed by atoms with E-state index >= 15 is 0 Å². The fourth-order valence-electron chi connectivity index (χ4n) is 1.56. The zero-order valence-electron chi connectivity index (χ0n) is 7.58. The van der Waals surface area contributed by atoms with Crippen molar-refractivity contribution in [2.75, 3.05) is 5.75 Å². The summed E-state index contributed by atoms with van der Waals surface area (Å²) in [6.45, 7) is 2.02. The maximum Gasteiger partial charge on any atom is 0.185 e. The Labute approximate surface area is 86.5 Å². The highest BCUT2D eigenvalue weighted by molar-refractivity contribution is 8.00. The molecule has 13 heavy (non-hydrogen) atoms. The van der Waals surface area contributed by atoms with Crippen LogP contribution in [0.4, 0.5) is 0 Å². The van der Waals surface area contributed by atoms with E-state index in [0.717, 1.165) is 22.6 Å². The Morgan fingerprint density at radius 2 is 2.46 bits per heavy atom. The number of thiophene rings is 1. The molecule has 0 spiro atoms. The van der Waals surface area contributed by atoms with Gasteiger partial charge in [-0.3, -0.25) is 4.79 Å². The molecule has 1 atom stereocenters. The molecule has 1 aliphatic rings. The number of carbonyl (C=O) groups excluding carboxylic acids is 1. The Morgan fingerprint density at radius 3 is 3.00 bits per heavy atom. The zero-order valence-corrected chi connectivity index (χ0v) is 9.21. The first-order valence-electron chi connectivity index (χ1n) is 4.49. The van der Waals surface area contributed by atoms with Crippen LogP contribution in [-0.2, 0) is 0 Å². The van der Waals surface area contributed by atoms with E-state index < -0.39 is 0 Å². The lowest BCUT2D eigenvalue weighted by Gasteiger charge is -2.05. The van der Waals surface area contributed by atoms with E-state index in [2.05, 4.69) is 0 Å². The van der Waals surface area contributed by atoms with E-state index in [4.69, 9.17) is 0 Å². The second-order valence-electron chi connectivity index (χ2n) is 3.30. The van der Waals surface area contributed by atoms with Crippen molar-refractivity contribution >= 4 is 28.9 Å². The summed E-state index contributed by atoms with van der Waals surface area (Å²) in [6.07, 6.45) is 2.27. The fraction of sp³-hybridized carbons (Fsp3) is 0.500. The quantitative estimate of drug-likeness (QED) is 0.701. The average molecular weight is 212 g/mol. The van der Waals surface area contributed by atoms with Crippen molar-refractivity contribution in [1.82, 2.24) is 0 Å². The van der Waals surface area contributed by atoms with Crippen LogP contribution in [0.2, 0.25) is 0 Å². The lowest BCUT2D eigenvalue weighted by atomic mass is 10.1. The lowest BCUT2D eigenvalue weighted by molar-refractivity contribution is 0.0992. The minimum atomic E-state index is 0.248. The summed E-state index contributed by atoms with van der Waals surface area (Å²) < 4.78 is 0. The highest BCUT2D eigenvalue weighted by Crippen LogP contribution is 2.31. The van der Waals surface area contributed by atoms with Gasteiger partial charge in [0.15, 0.2) is 5.78 Å². The van der Waals surface area contributed by atoms with Gasteiger partial charge >= 0.3 is 0 Å². The predicted octanol–water partition coefficient (Wildman–Crippen LogP) is 3.13. The van der Waals surface area contributed by atoms with Crippen LogP contribution in [0.1, 0.15) is 28.1 Å². The molecule has 0 N–H and O–H groups in total. The van der Waals surface area contributed by atoms with E-state index in [-0.39, 0.29) is 5.25 Å². The molecule has 1 nitrogen and oxygen atoms in total. The second-order valence-corrected chi connectivity index (χ2v) is 5.53. The normalized spacial score (nSPS) is 22.1. The van der Waals surface area contributed by atoms with Crippen LogP contribution in [0, 0.1) is 6.92 Å². The average Bonchev–Trinajstić information content (AvgIpc) is 2.72. The first kappa shape index (κ1) is 9.28.